The highest BCUT2D eigenvalue weighted by molar-refractivity contribution is 5.95. The third kappa shape index (κ3) is 3.48. The maximum absolute atomic E-state index is 11.5. The van der Waals surface area contributed by atoms with E-state index in [0.29, 0.717) is 11.3 Å². The van der Waals surface area contributed by atoms with Gasteiger partial charge in [-0.25, -0.2) is 9.59 Å². The summed E-state index contributed by atoms with van der Waals surface area (Å²) >= 11 is 0. The number of carbonyl (C=O) groups is 2. The molecule has 0 heterocycles. The number of nitrogens with one attached hydrogen (secondary N) is 2. The van der Waals surface area contributed by atoms with Gasteiger partial charge in [0, 0.05) is 11.7 Å². The Bertz CT molecular complexity index is 441. The van der Waals surface area contributed by atoms with Crippen molar-refractivity contribution in [1.29, 1.82) is 0 Å². The summed E-state index contributed by atoms with van der Waals surface area (Å²) in [7, 11) is 0. The van der Waals surface area contributed by atoms with Crippen molar-refractivity contribution in [2.75, 3.05) is 5.32 Å². The molecule has 17 heavy (non-hydrogen) atoms. The van der Waals surface area contributed by atoms with Crippen LogP contribution < -0.4 is 10.6 Å². The van der Waals surface area contributed by atoms with Gasteiger partial charge in [-0.05, 0) is 38.5 Å². The minimum atomic E-state index is -1.00. The van der Waals surface area contributed by atoms with Gasteiger partial charge in [-0.15, -0.1) is 0 Å². The molecule has 1 rings (SSSR count). The van der Waals surface area contributed by atoms with E-state index in [1.807, 2.05) is 13.8 Å². The van der Waals surface area contributed by atoms with E-state index in [1.54, 1.807) is 19.1 Å². The van der Waals surface area contributed by atoms with Gasteiger partial charge in [0.1, 0.15) is 0 Å². The summed E-state index contributed by atoms with van der Waals surface area (Å²) in [6.07, 6.45) is 0. The number of hydrogen-bond acceptors (Lipinski definition) is 2. The first-order chi connectivity index (χ1) is 7.91. The maximum atomic E-state index is 11.5. The number of carbonyl (C=O) groups excluding carboxylic acids is 1. The Morgan fingerprint density at radius 1 is 1.29 bits per heavy atom. The summed E-state index contributed by atoms with van der Waals surface area (Å²) < 4.78 is 0. The molecule has 2 amide bonds. The van der Waals surface area contributed by atoms with Crippen molar-refractivity contribution in [2.24, 2.45) is 0 Å². The summed E-state index contributed by atoms with van der Waals surface area (Å²) in [5.41, 5.74) is 1.23. The summed E-state index contributed by atoms with van der Waals surface area (Å²) in [5.74, 6) is -1.00. The van der Waals surface area contributed by atoms with E-state index in [0.717, 1.165) is 0 Å². The molecule has 1 aromatic carbocycles. The smallest absolute Gasteiger partial charge is 0.336 e. The zero-order chi connectivity index (χ0) is 13.0. The SMILES string of the molecule is Cc1c(NC(=O)NC(C)C)cccc1C(=O)O. The van der Waals surface area contributed by atoms with Gasteiger partial charge in [0.25, 0.3) is 0 Å². The fourth-order valence-electron chi connectivity index (χ4n) is 1.42. The number of carboxylic acid groups (broad SMARTS) is 1. The fraction of sp³-hybridized carbons (Fsp3) is 0.333. The lowest BCUT2D eigenvalue weighted by molar-refractivity contribution is 0.0696. The Morgan fingerprint density at radius 3 is 2.47 bits per heavy atom. The zero-order valence-electron chi connectivity index (χ0n) is 10.1. The number of hydrogen-bond donors (Lipinski definition) is 3. The second-order valence-corrected chi connectivity index (χ2v) is 4.04. The van der Waals surface area contributed by atoms with Crippen molar-refractivity contribution in [1.82, 2.24) is 5.32 Å². The summed E-state index contributed by atoms with van der Waals surface area (Å²) in [6, 6.07) is 4.45. The van der Waals surface area contributed by atoms with Crippen LogP contribution in [0, 0.1) is 6.92 Å². The maximum Gasteiger partial charge on any atom is 0.336 e. The largest absolute Gasteiger partial charge is 0.478 e. The second kappa shape index (κ2) is 5.34. The summed E-state index contributed by atoms with van der Waals surface area (Å²) in [5, 5.41) is 14.2. The van der Waals surface area contributed by atoms with Gasteiger partial charge in [0.05, 0.1) is 5.56 Å². The standard InChI is InChI=1S/C12H16N2O3/c1-7(2)13-12(17)14-10-6-4-5-9(8(10)3)11(15)16/h4-7H,1-3H3,(H,15,16)(H2,13,14,17). The molecule has 0 aliphatic heterocycles. The summed E-state index contributed by atoms with van der Waals surface area (Å²) in [6.45, 7) is 5.36. The molecule has 0 unspecified atom stereocenters. The minimum Gasteiger partial charge on any atom is -0.478 e. The number of amides is 2. The van der Waals surface area contributed by atoms with E-state index in [1.165, 1.54) is 6.07 Å². The third-order valence-electron chi connectivity index (χ3n) is 2.23. The van der Waals surface area contributed by atoms with Gasteiger partial charge in [0.15, 0.2) is 0 Å². The average molecular weight is 236 g/mol. The van der Waals surface area contributed by atoms with Crippen molar-refractivity contribution in [3.8, 4) is 0 Å². The van der Waals surface area contributed by atoms with Gasteiger partial charge in [-0.2, -0.15) is 0 Å². The minimum absolute atomic E-state index is 0.0259. The van der Waals surface area contributed by atoms with E-state index in [9.17, 15) is 9.59 Å². The molecular formula is C12H16N2O3. The Morgan fingerprint density at radius 2 is 1.94 bits per heavy atom. The first-order valence-corrected chi connectivity index (χ1v) is 5.32. The molecule has 0 saturated carbocycles. The molecule has 5 heteroatoms. The van der Waals surface area contributed by atoms with E-state index >= 15 is 0 Å². The van der Waals surface area contributed by atoms with Crippen molar-refractivity contribution in [3.63, 3.8) is 0 Å². The molecule has 0 saturated heterocycles. The molecule has 0 radical (unpaired) electrons. The first kappa shape index (κ1) is 13.0. The molecule has 3 N–H and O–H groups in total. The zero-order valence-corrected chi connectivity index (χ0v) is 10.1. The van der Waals surface area contributed by atoms with Crippen LogP contribution in [0.5, 0.6) is 0 Å². The van der Waals surface area contributed by atoms with Gasteiger partial charge >= 0.3 is 12.0 Å². The number of rotatable bonds is 3. The van der Waals surface area contributed by atoms with Crippen molar-refractivity contribution >= 4 is 17.7 Å². The van der Waals surface area contributed by atoms with Gasteiger partial charge in [0.2, 0.25) is 0 Å². The van der Waals surface area contributed by atoms with Gasteiger partial charge in [-0.3, -0.25) is 0 Å². The first-order valence-electron chi connectivity index (χ1n) is 5.32. The molecule has 0 aliphatic carbocycles. The highest BCUT2D eigenvalue weighted by Crippen LogP contribution is 2.18. The molecule has 5 nitrogen and oxygen atoms in total. The van der Waals surface area contributed by atoms with Crippen LogP contribution in [0.3, 0.4) is 0 Å². The Balaban J connectivity index is 2.89. The Kier molecular flexibility index (Phi) is 4.09. The van der Waals surface area contributed by atoms with E-state index in [4.69, 9.17) is 5.11 Å². The molecule has 0 fully saturated rings. The second-order valence-electron chi connectivity index (χ2n) is 4.04. The lowest BCUT2D eigenvalue weighted by Crippen LogP contribution is -2.34. The molecular weight excluding hydrogens is 220 g/mol. The van der Waals surface area contributed by atoms with Crippen molar-refractivity contribution in [2.45, 2.75) is 26.8 Å². The van der Waals surface area contributed by atoms with Crippen molar-refractivity contribution < 1.29 is 14.7 Å². The van der Waals surface area contributed by atoms with E-state index < -0.39 is 5.97 Å². The van der Waals surface area contributed by atoms with Crippen molar-refractivity contribution in [3.05, 3.63) is 29.3 Å². The monoisotopic (exact) mass is 236 g/mol. The van der Waals surface area contributed by atoms with Crippen LogP contribution in [0.25, 0.3) is 0 Å². The average Bonchev–Trinajstić information content (AvgIpc) is 2.19. The lowest BCUT2D eigenvalue weighted by atomic mass is 10.1. The van der Waals surface area contributed by atoms with Crippen LogP contribution in [0.4, 0.5) is 10.5 Å². The van der Waals surface area contributed by atoms with Crippen LogP contribution in [0.1, 0.15) is 29.8 Å². The Hall–Kier alpha value is -2.04. The van der Waals surface area contributed by atoms with E-state index in [-0.39, 0.29) is 17.6 Å². The number of urea groups is 1. The molecule has 0 spiro atoms. The van der Waals surface area contributed by atoms with Crippen LogP contribution in [-0.4, -0.2) is 23.1 Å². The number of aromatic carboxylic acids is 1. The number of carboxylic acids is 1. The lowest BCUT2D eigenvalue weighted by Gasteiger charge is -2.13. The normalized spacial score (nSPS) is 10.1. The molecule has 0 aromatic heterocycles. The van der Waals surface area contributed by atoms with Crippen LogP contribution in [0.15, 0.2) is 18.2 Å². The molecule has 1 aromatic rings. The predicted octanol–water partition coefficient (Wildman–Crippen LogP) is 2.22. The van der Waals surface area contributed by atoms with Gasteiger partial charge < -0.3 is 15.7 Å². The highest BCUT2D eigenvalue weighted by Gasteiger charge is 2.11. The van der Waals surface area contributed by atoms with Crippen LogP contribution in [-0.2, 0) is 0 Å². The fourth-order valence-corrected chi connectivity index (χ4v) is 1.42. The van der Waals surface area contributed by atoms with Crippen LogP contribution in [0.2, 0.25) is 0 Å². The summed E-state index contributed by atoms with van der Waals surface area (Å²) in [4.78, 5) is 22.4. The van der Waals surface area contributed by atoms with E-state index in [2.05, 4.69) is 10.6 Å². The highest BCUT2D eigenvalue weighted by atomic mass is 16.4. The number of benzene rings is 1. The quantitative estimate of drug-likeness (QED) is 0.753. The number of anilines is 1. The topological polar surface area (TPSA) is 78.4 Å². The predicted molar refractivity (Wildman–Crippen MR) is 65.4 cm³/mol. The van der Waals surface area contributed by atoms with Crippen LogP contribution >= 0.6 is 0 Å². The third-order valence-corrected chi connectivity index (χ3v) is 2.23. The Labute approximate surface area is 99.8 Å². The molecule has 0 atom stereocenters. The molecule has 0 aliphatic rings. The molecule has 0 bridgehead atoms. The molecule has 92 valence electrons. The van der Waals surface area contributed by atoms with Gasteiger partial charge in [-0.1, -0.05) is 6.07 Å².